The lowest BCUT2D eigenvalue weighted by atomic mass is 10.2. The zero-order chi connectivity index (χ0) is 20.3. The molecule has 2 heterocycles. The monoisotopic (exact) mass is 404 g/mol. The van der Waals surface area contributed by atoms with Crippen molar-refractivity contribution in [2.24, 2.45) is 0 Å². The molecule has 3 rings (SSSR count). The fourth-order valence-corrected chi connectivity index (χ4v) is 3.07. The molecule has 10 heteroatoms. The Labute approximate surface area is 161 Å². The summed E-state index contributed by atoms with van der Waals surface area (Å²) in [7, 11) is -3.36. The summed E-state index contributed by atoms with van der Waals surface area (Å²) in [4.78, 5) is 33.5. The zero-order valence-electron chi connectivity index (χ0n) is 15.4. The number of para-hydroxylation sites is 1. The first-order valence-electron chi connectivity index (χ1n) is 8.57. The van der Waals surface area contributed by atoms with E-state index < -0.39 is 10.0 Å². The van der Waals surface area contributed by atoms with Crippen LogP contribution in [0.3, 0.4) is 0 Å². The Morgan fingerprint density at radius 3 is 2.71 bits per heavy atom. The standard InChI is InChI=1S/C18H20N4O5S/c1-3-22(11-16-20-14-7-5-4-6-13(14)17(23)21-16)18(24)15-9-8-12(27-15)10-19-28(2,25)26/h4-9,19H,3,10-11H2,1-2H3,(H,20,21,23). The number of sulfonamides is 1. The van der Waals surface area contributed by atoms with E-state index in [2.05, 4.69) is 14.7 Å². The maximum atomic E-state index is 12.7. The third-order valence-electron chi connectivity index (χ3n) is 4.05. The first kappa shape index (κ1) is 19.8. The molecule has 0 spiro atoms. The molecular weight excluding hydrogens is 384 g/mol. The van der Waals surface area contributed by atoms with Gasteiger partial charge in [0.15, 0.2) is 5.76 Å². The van der Waals surface area contributed by atoms with Crippen molar-refractivity contribution < 1.29 is 17.6 Å². The van der Waals surface area contributed by atoms with Crippen LogP contribution in [0.2, 0.25) is 0 Å². The number of carbonyl (C=O) groups is 1. The highest BCUT2D eigenvalue weighted by molar-refractivity contribution is 7.88. The summed E-state index contributed by atoms with van der Waals surface area (Å²) < 4.78 is 30.1. The Hall–Kier alpha value is -2.98. The van der Waals surface area contributed by atoms with Crippen molar-refractivity contribution >= 4 is 26.8 Å². The summed E-state index contributed by atoms with van der Waals surface area (Å²) in [6.45, 7) is 2.23. The van der Waals surface area contributed by atoms with E-state index in [4.69, 9.17) is 4.42 Å². The summed E-state index contributed by atoms with van der Waals surface area (Å²) >= 11 is 0. The van der Waals surface area contributed by atoms with Crippen molar-refractivity contribution in [3.8, 4) is 0 Å². The predicted molar refractivity (Wildman–Crippen MR) is 103 cm³/mol. The Morgan fingerprint density at radius 1 is 1.25 bits per heavy atom. The SMILES string of the molecule is CCN(Cc1nc2ccccc2c(=O)[nH]1)C(=O)c1ccc(CNS(C)(=O)=O)o1. The van der Waals surface area contributed by atoms with E-state index in [0.717, 1.165) is 6.26 Å². The van der Waals surface area contributed by atoms with Crippen molar-refractivity contribution in [2.45, 2.75) is 20.0 Å². The van der Waals surface area contributed by atoms with Crippen molar-refractivity contribution in [3.05, 3.63) is 64.1 Å². The highest BCUT2D eigenvalue weighted by atomic mass is 32.2. The van der Waals surface area contributed by atoms with E-state index in [1.54, 1.807) is 31.2 Å². The largest absolute Gasteiger partial charge is 0.455 e. The number of nitrogens with one attached hydrogen (secondary N) is 2. The Balaban J connectivity index is 1.77. The normalized spacial score (nSPS) is 11.6. The van der Waals surface area contributed by atoms with Crippen LogP contribution in [0.1, 0.15) is 29.1 Å². The molecule has 1 amide bonds. The number of furan rings is 1. The molecule has 0 bridgehead atoms. The topological polar surface area (TPSA) is 125 Å². The van der Waals surface area contributed by atoms with Crippen molar-refractivity contribution in [1.82, 2.24) is 19.6 Å². The van der Waals surface area contributed by atoms with E-state index in [9.17, 15) is 18.0 Å². The van der Waals surface area contributed by atoms with E-state index in [0.29, 0.717) is 29.0 Å². The lowest BCUT2D eigenvalue weighted by Crippen LogP contribution is -2.31. The lowest BCUT2D eigenvalue weighted by Gasteiger charge is -2.19. The minimum absolute atomic E-state index is 0.0439. The van der Waals surface area contributed by atoms with Gasteiger partial charge in [-0.15, -0.1) is 0 Å². The van der Waals surface area contributed by atoms with Crippen LogP contribution in [0, 0.1) is 0 Å². The van der Waals surface area contributed by atoms with E-state index in [-0.39, 0.29) is 30.3 Å². The quantitative estimate of drug-likeness (QED) is 0.610. The summed E-state index contributed by atoms with van der Waals surface area (Å²) in [5.41, 5.74) is 0.285. The Bertz CT molecular complexity index is 1170. The average molecular weight is 404 g/mol. The fourth-order valence-electron chi connectivity index (χ4n) is 2.66. The van der Waals surface area contributed by atoms with E-state index in [1.807, 2.05) is 0 Å². The van der Waals surface area contributed by atoms with Gasteiger partial charge in [0.05, 0.1) is 30.2 Å². The smallest absolute Gasteiger partial charge is 0.289 e. The van der Waals surface area contributed by atoms with Gasteiger partial charge in [-0.3, -0.25) is 9.59 Å². The number of hydrogen-bond donors (Lipinski definition) is 2. The van der Waals surface area contributed by atoms with Crippen molar-refractivity contribution in [3.63, 3.8) is 0 Å². The molecule has 2 N–H and O–H groups in total. The molecule has 9 nitrogen and oxygen atoms in total. The van der Waals surface area contributed by atoms with Gasteiger partial charge < -0.3 is 14.3 Å². The zero-order valence-corrected chi connectivity index (χ0v) is 16.2. The second-order valence-corrected chi connectivity index (χ2v) is 8.04. The molecule has 28 heavy (non-hydrogen) atoms. The van der Waals surface area contributed by atoms with Crippen LogP contribution >= 0.6 is 0 Å². The maximum Gasteiger partial charge on any atom is 0.289 e. The summed E-state index contributed by atoms with van der Waals surface area (Å²) in [6.07, 6.45) is 1.04. The van der Waals surface area contributed by atoms with Crippen molar-refractivity contribution in [2.75, 3.05) is 12.8 Å². The van der Waals surface area contributed by atoms with Crippen LogP contribution in [0.4, 0.5) is 0 Å². The average Bonchev–Trinajstić information content (AvgIpc) is 3.12. The van der Waals surface area contributed by atoms with Crippen LogP contribution in [0.25, 0.3) is 10.9 Å². The number of benzene rings is 1. The van der Waals surface area contributed by atoms with Gasteiger partial charge in [0.1, 0.15) is 11.6 Å². The Kier molecular flexibility index (Phi) is 5.61. The molecule has 0 aliphatic heterocycles. The minimum atomic E-state index is -3.36. The number of aromatic nitrogens is 2. The van der Waals surface area contributed by atoms with E-state index in [1.165, 1.54) is 17.0 Å². The first-order valence-corrected chi connectivity index (χ1v) is 10.5. The van der Waals surface area contributed by atoms with Crippen LogP contribution in [-0.4, -0.2) is 42.0 Å². The molecule has 0 aliphatic carbocycles. The molecule has 0 saturated carbocycles. The molecule has 0 radical (unpaired) electrons. The molecule has 148 valence electrons. The summed E-state index contributed by atoms with van der Waals surface area (Å²) in [5.74, 6) is 0.380. The van der Waals surface area contributed by atoms with Gasteiger partial charge in [0.2, 0.25) is 10.0 Å². The number of fused-ring (bicyclic) bond motifs is 1. The van der Waals surface area contributed by atoms with E-state index >= 15 is 0 Å². The van der Waals surface area contributed by atoms with Crippen LogP contribution in [-0.2, 0) is 23.1 Å². The van der Waals surface area contributed by atoms with Crippen LogP contribution in [0.15, 0.2) is 45.6 Å². The predicted octanol–water partition coefficient (Wildman–Crippen LogP) is 1.23. The van der Waals surface area contributed by atoms with Crippen molar-refractivity contribution in [1.29, 1.82) is 0 Å². The molecule has 0 aliphatic rings. The molecule has 1 aromatic carbocycles. The fraction of sp³-hybridized carbons (Fsp3) is 0.278. The number of hydrogen-bond acceptors (Lipinski definition) is 6. The van der Waals surface area contributed by atoms with Gasteiger partial charge in [0, 0.05) is 6.54 Å². The van der Waals surface area contributed by atoms with Crippen LogP contribution in [0.5, 0.6) is 0 Å². The highest BCUT2D eigenvalue weighted by Gasteiger charge is 2.20. The van der Waals surface area contributed by atoms with Gasteiger partial charge >= 0.3 is 0 Å². The third kappa shape index (κ3) is 4.65. The number of rotatable bonds is 7. The van der Waals surface area contributed by atoms with Gasteiger partial charge in [-0.25, -0.2) is 18.1 Å². The number of nitrogens with zero attached hydrogens (tertiary/aromatic N) is 2. The van der Waals surface area contributed by atoms with Crippen LogP contribution < -0.4 is 10.3 Å². The first-order chi connectivity index (χ1) is 13.3. The molecule has 3 aromatic rings. The molecule has 2 aromatic heterocycles. The number of H-pyrrole nitrogens is 1. The van der Waals surface area contributed by atoms with Gasteiger partial charge in [0.25, 0.3) is 11.5 Å². The highest BCUT2D eigenvalue weighted by Crippen LogP contribution is 2.13. The number of amides is 1. The molecular formula is C18H20N4O5S. The van der Waals surface area contributed by atoms with Gasteiger partial charge in [-0.2, -0.15) is 0 Å². The molecule has 0 saturated heterocycles. The van der Waals surface area contributed by atoms with Gasteiger partial charge in [-0.05, 0) is 31.2 Å². The minimum Gasteiger partial charge on any atom is -0.455 e. The second kappa shape index (κ2) is 7.95. The molecule has 0 unspecified atom stereocenters. The lowest BCUT2D eigenvalue weighted by molar-refractivity contribution is 0.0714. The molecule has 0 fully saturated rings. The third-order valence-corrected chi connectivity index (χ3v) is 4.72. The number of carbonyl (C=O) groups excluding carboxylic acids is 1. The second-order valence-electron chi connectivity index (χ2n) is 6.21. The number of aromatic amines is 1. The van der Waals surface area contributed by atoms with Gasteiger partial charge in [-0.1, -0.05) is 12.1 Å². The Morgan fingerprint density at radius 2 is 2.00 bits per heavy atom. The summed E-state index contributed by atoms with van der Waals surface area (Å²) in [5, 5.41) is 0.481. The maximum absolute atomic E-state index is 12.7. The molecule has 0 atom stereocenters. The summed E-state index contributed by atoms with van der Waals surface area (Å²) in [6, 6.07) is 9.99.